The maximum atomic E-state index is 12.4. The summed E-state index contributed by atoms with van der Waals surface area (Å²) in [4.78, 5) is 26.1. The van der Waals surface area contributed by atoms with Gasteiger partial charge in [-0.2, -0.15) is 0 Å². The van der Waals surface area contributed by atoms with Crippen molar-refractivity contribution in [1.82, 2.24) is 10.2 Å². The summed E-state index contributed by atoms with van der Waals surface area (Å²) >= 11 is 0. The average Bonchev–Trinajstić information content (AvgIpc) is 3.13. The Morgan fingerprint density at radius 1 is 1.26 bits per heavy atom. The summed E-state index contributed by atoms with van der Waals surface area (Å²) in [6, 6.07) is 10.0. The number of hydrogen-bond donors (Lipinski definition) is 2. The monoisotopic (exact) mass is 370 g/mol. The summed E-state index contributed by atoms with van der Waals surface area (Å²) in [5.74, 6) is -1.06. The molecular formula is C21H26N2O4. The average molecular weight is 370 g/mol. The molecule has 144 valence electrons. The van der Waals surface area contributed by atoms with Gasteiger partial charge in [-0.25, -0.2) is 4.79 Å². The molecule has 2 heterocycles. The van der Waals surface area contributed by atoms with Gasteiger partial charge in [0, 0.05) is 38.2 Å². The van der Waals surface area contributed by atoms with E-state index in [0.29, 0.717) is 18.7 Å². The Labute approximate surface area is 159 Å². The number of fused-ring (bicyclic) bond motifs is 1. The van der Waals surface area contributed by atoms with Crippen molar-refractivity contribution in [3.8, 4) is 0 Å². The van der Waals surface area contributed by atoms with E-state index in [1.807, 2.05) is 0 Å². The third kappa shape index (κ3) is 4.22. The van der Waals surface area contributed by atoms with Crippen LogP contribution in [0, 0.1) is 0 Å². The maximum Gasteiger partial charge on any atom is 0.339 e. The molecule has 1 amide bonds. The molecule has 0 spiro atoms. The van der Waals surface area contributed by atoms with Crippen molar-refractivity contribution in [3.05, 3.63) is 58.5 Å². The van der Waals surface area contributed by atoms with Crippen LogP contribution in [0.5, 0.6) is 0 Å². The molecule has 2 N–H and O–H groups in total. The fourth-order valence-corrected chi connectivity index (χ4v) is 3.64. The summed E-state index contributed by atoms with van der Waals surface area (Å²) in [7, 11) is 0. The fraction of sp³-hybridized carbons (Fsp3) is 0.429. The molecule has 1 aromatic heterocycles. The van der Waals surface area contributed by atoms with E-state index in [1.165, 1.54) is 17.2 Å². The minimum atomic E-state index is -1.08. The molecule has 1 atom stereocenters. The van der Waals surface area contributed by atoms with E-state index in [-0.39, 0.29) is 23.3 Å². The third-order valence-corrected chi connectivity index (χ3v) is 5.23. The van der Waals surface area contributed by atoms with Crippen molar-refractivity contribution in [1.29, 1.82) is 0 Å². The van der Waals surface area contributed by atoms with E-state index in [9.17, 15) is 14.7 Å². The Kier molecular flexibility index (Phi) is 5.96. The molecule has 1 unspecified atom stereocenters. The number of amides is 1. The predicted molar refractivity (Wildman–Crippen MR) is 102 cm³/mol. The predicted octanol–water partition coefficient (Wildman–Crippen LogP) is 3.11. The van der Waals surface area contributed by atoms with Crippen molar-refractivity contribution in [2.24, 2.45) is 0 Å². The second kappa shape index (κ2) is 8.39. The number of benzene rings is 1. The molecule has 0 radical (unpaired) electrons. The van der Waals surface area contributed by atoms with Crippen LogP contribution in [0.1, 0.15) is 58.1 Å². The number of nitrogens with one attached hydrogen (secondary N) is 1. The fourth-order valence-electron chi connectivity index (χ4n) is 3.64. The van der Waals surface area contributed by atoms with E-state index in [4.69, 9.17) is 4.42 Å². The maximum absolute atomic E-state index is 12.4. The number of carbonyl (C=O) groups is 2. The summed E-state index contributed by atoms with van der Waals surface area (Å²) < 4.78 is 5.44. The van der Waals surface area contributed by atoms with Gasteiger partial charge in [0.25, 0.3) is 5.91 Å². The van der Waals surface area contributed by atoms with Gasteiger partial charge in [0.2, 0.25) is 0 Å². The SMILES string of the molecule is CCc1oc(C(=O)NCC(CC)N2CCc3ccccc3C2)cc1C(=O)O. The van der Waals surface area contributed by atoms with E-state index < -0.39 is 5.97 Å². The van der Waals surface area contributed by atoms with Gasteiger partial charge in [0.05, 0.1) is 0 Å². The Morgan fingerprint density at radius 2 is 2.00 bits per heavy atom. The number of hydrogen-bond acceptors (Lipinski definition) is 4. The molecule has 0 saturated heterocycles. The summed E-state index contributed by atoms with van der Waals surface area (Å²) in [6.45, 7) is 6.27. The quantitative estimate of drug-likeness (QED) is 0.782. The Hall–Kier alpha value is -2.60. The van der Waals surface area contributed by atoms with Gasteiger partial charge in [-0.05, 0) is 24.0 Å². The first-order chi connectivity index (χ1) is 13.0. The number of aromatic carboxylic acids is 1. The van der Waals surface area contributed by atoms with Gasteiger partial charge in [-0.1, -0.05) is 38.1 Å². The van der Waals surface area contributed by atoms with Gasteiger partial charge in [0.1, 0.15) is 11.3 Å². The Bertz CT molecular complexity index is 827. The smallest absolute Gasteiger partial charge is 0.339 e. The molecule has 0 bridgehead atoms. The number of carboxylic acid groups (broad SMARTS) is 1. The first-order valence-electron chi connectivity index (χ1n) is 9.48. The first-order valence-corrected chi connectivity index (χ1v) is 9.48. The number of rotatable bonds is 7. The molecule has 3 rings (SSSR count). The van der Waals surface area contributed by atoms with Crippen LogP contribution in [0.4, 0.5) is 0 Å². The number of nitrogens with zero attached hydrogens (tertiary/aromatic N) is 1. The minimum Gasteiger partial charge on any atom is -0.478 e. The lowest BCUT2D eigenvalue weighted by Gasteiger charge is -2.35. The van der Waals surface area contributed by atoms with E-state index in [2.05, 4.69) is 41.4 Å². The van der Waals surface area contributed by atoms with Crippen LogP contribution in [0.25, 0.3) is 0 Å². The molecule has 1 aromatic carbocycles. The lowest BCUT2D eigenvalue weighted by atomic mass is 9.98. The van der Waals surface area contributed by atoms with Crippen molar-refractivity contribution in [3.63, 3.8) is 0 Å². The van der Waals surface area contributed by atoms with Crippen molar-refractivity contribution in [2.75, 3.05) is 13.1 Å². The molecule has 0 aliphatic carbocycles. The van der Waals surface area contributed by atoms with E-state index in [0.717, 1.165) is 25.9 Å². The Morgan fingerprint density at radius 3 is 2.63 bits per heavy atom. The summed E-state index contributed by atoms with van der Waals surface area (Å²) in [5.41, 5.74) is 2.80. The van der Waals surface area contributed by atoms with Crippen LogP contribution in [0.3, 0.4) is 0 Å². The molecule has 6 nitrogen and oxygen atoms in total. The van der Waals surface area contributed by atoms with Crippen LogP contribution in [0.2, 0.25) is 0 Å². The summed E-state index contributed by atoms with van der Waals surface area (Å²) in [5, 5.41) is 12.1. The number of furan rings is 1. The topological polar surface area (TPSA) is 82.8 Å². The second-order valence-corrected chi connectivity index (χ2v) is 6.87. The first kappa shape index (κ1) is 19.2. The molecule has 27 heavy (non-hydrogen) atoms. The van der Waals surface area contributed by atoms with Gasteiger partial charge >= 0.3 is 5.97 Å². The molecular weight excluding hydrogens is 344 g/mol. The zero-order valence-corrected chi connectivity index (χ0v) is 15.8. The number of carboxylic acids is 1. The van der Waals surface area contributed by atoms with Gasteiger partial charge in [-0.15, -0.1) is 0 Å². The van der Waals surface area contributed by atoms with Crippen LogP contribution in [-0.2, 0) is 19.4 Å². The lowest BCUT2D eigenvalue weighted by molar-refractivity contribution is 0.0694. The number of aryl methyl sites for hydroxylation is 1. The van der Waals surface area contributed by atoms with Crippen LogP contribution in [0.15, 0.2) is 34.7 Å². The van der Waals surface area contributed by atoms with Gasteiger partial charge < -0.3 is 14.8 Å². The van der Waals surface area contributed by atoms with E-state index >= 15 is 0 Å². The van der Waals surface area contributed by atoms with Gasteiger partial charge in [0.15, 0.2) is 5.76 Å². The van der Waals surface area contributed by atoms with E-state index in [1.54, 1.807) is 6.92 Å². The van der Waals surface area contributed by atoms with Crippen LogP contribution in [-0.4, -0.2) is 41.0 Å². The molecule has 2 aromatic rings. The van der Waals surface area contributed by atoms with Crippen LogP contribution >= 0.6 is 0 Å². The van der Waals surface area contributed by atoms with Gasteiger partial charge in [-0.3, -0.25) is 9.69 Å². The highest BCUT2D eigenvalue weighted by Gasteiger charge is 2.24. The molecule has 0 saturated carbocycles. The normalized spacial score (nSPS) is 15.2. The lowest BCUT2D eigenvalue weighted by Crippen LogP contribution is -2.45. The van der Waals surface area contributed by atoms with Crippen molar-refractivity contribution >= 4 is 11.9 Å². The highest BCUT2D eigenvalue weighted by molar-refractivity contribution is 5.96. The molecule has 0 fully saturated rings. The largest absolute Gasteiger partial charge is 0.478 e. The molecule has 1 aliphatic rings. The zero-order chi connectivity index (χ0) is 19.4. The standard InChI is InChI=1S/C21H26N2O4/c1-3-16(23-10-9-14-7-5-6-8-15(14)13-23)12-22-20(24)19-11-17(21(25)26)18(4-2)27-19/h5-8,11,16H,3-4,9-10,12-13H2,1-2H3,(H,22,24)(H,25,26). The zero-order valence-electron chi connectivity index (χ0n) is 15.8. The molecule has 1 aliphatic heterocycles. The highest BCUT2D eigenvalue weighted by atomic mass is 16.4. The highest BCUT2D eigenvalue weighted by Crippen LogP contribution is 2.21. The second-order valence-electron chi connectivity index (χ2n) is 6.87. The summed E-state index contributed by atoms with van der Waals surface area (Å²) in [6.07, 6.45) is 2.36. The van der Waals surface area contributed by atoms with Crippen LogP contribution < -0.4 is 5.32 Å². The van der Waals surface area contributed by atoms with Crippen molar-refractivity contribution < 1.29 is 19.1 Å². The number of carbonyl (C=O) groups excluding carboxylic acids is 1. The minimum absolute atomic E-state index is 0.0577. The molecule has 6 heteroatoms. The van der Waals surface area contributed by atoms with Crippen molar-refractivity contribution in [2.45, 2.75) is 45.7 Å². The Balaban J connectivity index is 1.63. The third-order valence-electron chi connectivity index (χ3n) is 5.23.